The molecule has 0 bridgehead atoms. The van der Waals surface area contributed by atoms with Crippen molar-refractivity contribution in [3.63, 3.8) is 0 Å². The molecule has 6 nitrogen and oxygen atoms in total. The second-order valence-electron chi connectivity index (χ2n) is 5.47. The minimum absolute atomic E-state index is 0.483. The smallest absolute Gasteiger partial charge is 0.209 e. The molecule has 1 aromatic rings. The normalized spacial score (nSPS) is 12.2. The molecule has 1 heterocycles. The third-order valence-electron chi connectivity index (χ3n) is 2.51. The van der Waals surface area contributed by atoms with E-state index in [0.717, 1.165) is 30.7 Å². The van der Waals surface area contributed by atoms with Gasteiger partial charge in [-0.1, -0.05) is 6.92 Å². The summed E-state index contributed by atoms with van der Waals surface area (Å²) in [6.45, 7) is 7.11. The number of pyridine rings is 1. The summed E-state index contributed by atoms with van der Waals surface area (Å²) in [4.78, 5) is 4.22. The minimum atomic E-state index is -3.22. The quantitative estimate of drug-likeness (QED) is 0.680. The topological polar surface area (TPSA) is 83.1 Å². The number of rotatable bonds is 8. The first kappa shape index (κ1) is 16.7. The van der Waals surface area contributed by atoms with Crippen LogP contribution in [-0.2, 0) is 10.0 Å². The van der Waals surface area contributed by atoms with Gasteiger partial charge in [0.1, 0.15) is 5.82 Å². The van der Waals surface area contributed by atoms with Gasteiger partial charge < -0.3 is 10.6 Å². The number of hydrogen-bond donors (Lipinski definition) is 3. The molecule has 0 aliphatic heterocycles. The van der Waals surface area contributed by atoms with Crippen LogP contribution in [0.1, 0.15) is 27.2 Å². The van der Waals surface area contributed by atoms with Gasteiger partial charge in [0.05, 0.1) is 6.26 Å². The summed E-state index contributed by atoms with van der Waals surface area (Å²) in [5.74, 6) is 0.811. The standard InChI is InChI=1S/C13H24N4O2S/c1-5-7-14-12-9-11(6-8-15-12)16-10-13(2,3)17-20(4,18)19/h6,8-9,17H,5,7,10H2,1-4H3,(H2,14,15,16). The zero-order valence-electron chi connectivity index (χ0n) is 12.5. The maximum absolute atomic E-state index is 11.3. The largest absolute Gasteiger partial charge is 0.383 e. The molecule has 0 aromatic carbocycles. The molecule has 0 saturated carbocycles. The summed E-state index contributed by atoms with van der Waals surface area (Å²) in [6, 6.07) is 3.76. The average Bonchev–Trinajstić information content (AvgIpc) is 2.32. The van der Waals surface area contributed by atoms with Gasteiger partial charge in [0.25, 0.3) is 0 Å². The Morgan fingerprint density at radius 3 is 2.60 bits per heavy atom. The van der Waals surface area contributed by atoms with E-state index in [4.69, 9.17) is 0 Å². The Morgan fingerprint density at radius 2 is 2.00 bits per heavy atom. The molecule has 114 valence electrons. The van der Waals surface area contributed by atoms with Crippen LogP contribution in [0.2, 0.25) is 0 Å². The maximum Gasteiger partial charge on any atom is 0.209 e. The van der Waals surface area contributed by atoms with Gasteiger partial charge in [-0.3, -0.25) is 0 Å². The van der Waals surface area contributed by atoms with Gasteiger partial charge in [-0.2, -0.15) is 0 Å². The average molecular weight is 300 g/mol. The third-order valence-corrected chi connectivity index (χ3v) is 3.44. The number of anilines is 2. The van der Waals surface area contributed by atoms with E-state index in [1.165, 1.54) is 0 Å². The number of nitrogens with one attached hydrogen (secondary N) is 3. The molecular formula is C13H24N4O2S. The van der Waals surface area contributed by atoms with Gasteiger partial charge in [-0.15, -0.1) is 0 Å². The van der Waals surface area contributed by atoms with Crippen molar-refractivity contribution >= 4 is 21.5 Å². The molecule has 0 unspecified atom stereocenters. The van der Waals surface area contributed by atoms with Crippen LogP contribution in [0.25, 0.3) is 0 Å². The Bertz CT molecular complexity index is 529. The van der Waals surface area contributed by atoms with Crippen LogP contribution < -0.4 is 15.4 Å². The zero-order valence-corrected chi connectivity index (χ0v) is 13.3. The van der Waals surface area contributed by atoms with Crippen LogP contribution in [0.15, 0.2) is 18.3 Å². The van der Waals surface area contributed by atoms with Crippen molar-refractivity contribution < 1.29 is 8.42 Å². The Hall–Kier alpha value is -1.34. The number of sulfonamides is 1. The molecule has 7 heteroatoms. The van der Waals surface area contributed by atoms with E-state index >= 15 is 0 Å². The summed E-state index contributed by atoms with van der Waals surface area (Å²) in [7, 11) is -3.22. The molecule has 20 heavy (non-hydrogen) atoms. The fourth-order valence-corrected chi connectivity index (χ4v) is 2.83. The molecular weight excluding hydrogens is 276 g/mol. The monoisotopic (exact) mass is 300 g/mol. The lowest BCUT2D eigenvalue weighted by molar-refractivity contribution is 0.476. The van der Waals surface area contributed by atoms with Crippen molar-refractivity contribution in [1.82, 2.24) is 9.71 Å². The highest BCUT2D eigenvalue weighted by atomic mass is 32.2. The molecule has 0 aliphatic rings. The zero-order chi connectivity index (χ0) is 15.2. The number of aromatic nitrogens is 1. The van der Waals surface area contributed by atoms with E-state index in [9.17, 15) is 8.42 Å². The van der Waals surface area contributed by atoms with Crippen LogP contribution in [0.3, 0.4) is 0 Å². The highest BCUT2D eigenvalue weighted by Crippen LogP contribution is 2.13. The SMILES string of the molecule is CCCNc1cc(NCC(C)(C)NS(C)(=O)=O)ccn1. The molecule has 3 N–H and O–H groups in total. The highest BCUT2D eigenvalue weighted by molar-refractivity contribution is 7.88. The lowest BCUT2D eigenvalue weighted by Gasteiger charge is -2.25. The van der Waals surface area contributed by atoms with Crippen molar-refractivity contribution in [3.05, 3.63) is 18.3 Å². The van der Waals surface area contributed by atoms with Gasteiger partial charge in [-0.05, 0) is 26.3 Å². The second kappa shape index (κ2) is 6.90. The Labute approximate surface area is 121 Å². The fourth-order valence-electron chi connectivity index (χ4n) is 1.75. The highest BCUT2D eigenvalue weighted by Gasteiger charge is 2.21. The van der Waals surface area contributed by atoms with Crippen molar-refractivity contribution in [3.8, 4) is 0 Å². The van der Waals surface area contributed by atoms with Crippen LogP contribution in [0, 0.1) is 0 Å². The molecule has 1 aromatic heterocycles. The Kier molecular flexibility index (Phi) is 5.76. The van der Waals surface area contributed by atoms with Gasteiger partial charge in [0.2, 0.25) is 10.0 Å². The van der Waals surface area contributed by atoms with Gasteiger partial charge >= 0.3 is 0 Å². The number of nitrogens with zero attached hydrogens (tertiary/aromatic N) is 1. The van der Waals surface area contributed by atoms with Crippen molar-refractivity contribution in [1.29, 1.82) is 0 Å². The van der Waals surface area contributed by atoms with E-state index < -0.39 is 15.6 Å². The summed E-state index contributed by atoms with van der Waals surface area (Å²) in [5.41, 5.74) is 0.343. The first-order valence-corrected chi connectivity index (χ1v) is 8.54. The molecule has 0 fully saturated rings. The Morgan fingerprint density at radius 1 is 1.30 bits per heavy atom. The van der Waals surface area contributed by atoms with E-state index in [2.05, 4.69) is 27.3 Å². The lowest BCUT2D eigenvalue weighted by Crippen LogP contribution is -2.47. The first-order valence-electron chi connectivity index (χ1n) is 6.64. The summed E-state index contributed by atoms with van der Waals surface area (Å²) < 4.78 is 25.1. The van der Waals surface area contributed by atoms with Crippen molar-refractivity contribution in [2.75, 3.05) is 30.0 Å². The molecule has 0 radical (unpaired) electrons. The van der Waals surface area contributed by atoms with Gasteiger partial charge in [-0.25, -0.2) is 18.1 Å². The summed E-state index contributed by atoms with van der Waals surface area (Å²) in [6.07, 6.45) is 3.91. The molecule has 0 atom stereocenters. The predicted octanol–water partition coefficient (Wildman–Crippen LogP) is 1.64. The third kappa shape index (κ3) is 6.72. The molecule has 1 rings (SSSR count). The van der Waals surface area contributed by atoms with Gasteiger partial charge in [0, 0.05) is 36.6 Å². The lowest BCUT2D eigenvalue weighted by atomic mass is 10.1. The molecule has 0 saturated heterocycles. The van der Waals surface area contributed by atoms with E-state index in [1.54, 1.807) is 6.20 Å². The second-order valence-corrected chi connectivity index (χ2v) is 7.22. The van der Waals surface area contributed by atoms with Crippen LogP contribution in [0.5, 0.6) is 0 Å². The summed E-state index contributed by atoms with van der Waals surface area (Å²) >= 11 is 0. The first-order chi connectivity index (χ1) is 9.22. The predicted molar refractivity (Wildman–Crippen MR) is 83.6 cm³/mol. The van der Waals surface area contributed by atoms with Crippen LogP contribution in [-0.4, -0.2) is 38.3 Å². The summed E-state index contributed by atoms with van der Waals surface area (Å²) in [5, 5.41) is 6.42. The van der Waals surface area contributed by atoms with E-state index in [0.29, 0.717) is 6.54 Å². The van der Waals surface area contributed by atoms with E-state index in [-0.39, 0.29) is 0 Å². The van der Waals surface area contributed by atoms with Gasteiger partial charge in [0.15, 0.2) is 0 Å². The van der Waals surface area contributed by atoms with Crippen LogP contribution >= 0.6 is 0 Å². The molecule has 0 amide bonds. The maximum atomic E-state index is 11.3. The minimum Gasteiger partial charge on any atom is -0.383 e. The van der Waals surface area contributed by atoms with E-state index in [1.807, 2.05) is 26.0 Å². The fraction of sp³-hybridized carbons (Fsp3) is 0.615. The van der Waals surface area contributed by atoms with Crippen molar-refractivity contribution in [2.45, 2.75) is 32.7 Å². The molecule has 0 spiro atoms. The molecule has 0 aliphatic carbocycles. The van der Waals surface area contributed by atoms with Crippen LogP contribution in [0.4, 0.5) is 11.5 Å². The Balaban J connectivity index is 2.60. The number of hydrogen-bond acceptors (Lipinski definition) is 5. The van der Waals surface area contributed by atoms with Crippen molar-refractivity contribution in [2.24, 2.45) is 0 Å².